The SMILES string of the molecule is CNCc1c(C)nn(Cc2cccc(Cl)c2Cl)c1C. The van der Waals surface area contributed by atoms with Gasteiger partial charge in [-0.1, -0.05) is 35.3 Å². The maximum absolute atomic E-state index is 6.22. The van der Waals surface area contributed by atoms with Gasteiger partial charge in [-0.05, 0) is 32.5 Å². The number of benzene rings is 1. The molecule has 2 rings (SSSR count). The molecule has 102 valence electrons. The van der Waals surface area contributed by atoms with E-state index < -0.39 is 0 Å². The van der Waals surface area contributed by atoms with E-state index in [0.29, 0.717) is 16.6 Å². The van der Waals surface area contributed by atoms with Crippen LogP contribution in [-0.4, -0.2) is 16.8 Å². The highest BCUT2D eigenvalue weighted by molar-refractivity contribution is 6.42. The lowest BCUT2D eigenvalue weighted by Crippen LogP contribution is -2.08. The van der Waals surface area contributed by atoms with Crippen LogP contribution in [0.15, 0.2) is 18.2 Å². The largest absolute Gasteiger partial charge is 0.316 e. The second-order valence-corrected chi connectivity index (χ2v) is 5.34. The first-order valence-electron chi connectivity index (χ1n) is 6.15. The number of hydrogen-bond acceptors (Lipinski definition) is 2. The molecule has 0 amide bonds. The molecule has 0 atom stereocenters. The summed E-state index contributed by atoms with van der Waals surface area (Å²) in [5, 5.41) is 8.92. The normalized spacial score (nSPS) is 11.0. The lowest BCUT2D eigenvalue weighted by atomic mass is 10.2. The molecular formula is C14H17Cl2N3. The number of rotatable bonds is 4. The molecular weight excluding hydrogens is 281 g/mol. The molecule has 1 aromatic carbocycles. The zero-order valence-corrected chi connectivity index (χ0v) is 12.8. The standard InChI is InChI=1S/C14H17Cl2N3/c1-9-12(7-17-3)10(2)19(18-9)8-11-5-4-6-13(15)14(11)16/h4-6,17H,7-8H2,1-3H3. The molecule has 0 aliphatic rings. The molecule has 0 aliphatic heterocycles. The van der Waals surface area contributed by atoms with Gasteiger partial charge in [0, 0.05) is 17.8 Å². The smallest absolute Gasteiger partial charge is 0.0677 e. The monoisotopic (exact) mass is 297 g/mol. The van der Waals surface area contributed by atoms with Gasteiger partial charge in [-0.2, -0.15) is 5.10 Å². The Labute approximate surface area is 123 Å². The van der Waals surface area contributed by atoms with Gasteiger partial charge in [0.2, 0.25) is 0 Å². The average Bonchev–Trinajstić information content (AvgIpc) is 2.63. The molecule has 0 saturated carbocycles. The van der Waals surface area contributed by atoms with Crippen LogP contribution >= 0.6 is 23.2 Å². The Bertz CT molecular complexity index is 591. The van der Waals surface area contributed by atoms with E-state index in [0.717, 1.165) is 23.5 Å². The maximum atomic E-state index is 6.22. The average molecular weight is 298 g/mol. The van der Waals surface area contributed by atoms with Gasteiger partial charge in [-0.25, -0.2) is 0 Å². The molecule has 1 aromatic heterocycles. The van der Waals surface area contributed by atoms with Crippen molar-refractivity contribution in [3.05, 3.63) is 50.8 Å². The van der Waals surface area contributed by atoms with Gasteiger partial charge in [0.15, 0.2) is 0 Å². The van der Waals surface area contributed by atoms with Crippen LogP contribution in [0.5, 0.6) is 0 Å². The Hall–Kier alpha value is -1.03. The lowest BCUT2D eigenvalue weighted by molar-refractivity contribution is 0.657. The summed E-state index contributed by atoms with van der Waals surface area (Å²) in [6, 6.07) is 5.67. The van der Waals surface area contributed by atoms with Crippen LogP contribution in [0.25, 0.3) is 0 Å². The van der Waals surface area contributed by atoms with Gasteiger partial charge in [0.05, 0.1) is 22.3 Å². The third-order valence-electron chi connectivity index (χ3n) is 3.24. The number of hydrogen-bond donors (Lipinski definition) is 1. The zero-order chi connectivity index (χ0) is 14.0. The molecule has 0 aliphatic carbocycles. The van der Waals surface area contributed by atoms with Gasteiger partial charge in [-0.3, -0.25) is 4.68 Å². The first-order chi connectivity index (χ1) is 9.04. The van der Waals surface area contributed by atoms with Gasteiger partial charge in [0.25, 0.3) is 0 Å². The fraction of sp³-hybridized carbons (Fsp3) is 0.357. The number of halogens is 2. The summed E-state index contributed by atoms with van der Waals surface area (Å²) in [4.78, 5) is 0. The Morgan fingerprint density at radius 1 is 1.26 bits per heavy atom. The Morgan fingerprint density at radius 3 is 2.68 bits per heavy atom. The summed E-state index contributed by atoms with van der Waals surface area (Å²) in [5.74, 6) is 0. The maximum Gasteiger partial charge on any atom is 0.0677 e. The lowest BCUT2D eigenvalue weighted by Gasteiger charge is -2.08. The molecule has 19 heavy (non-hydrogen) atoms. The van der Waals surface area contributed by atoms with E-state index in [9.17, 15) is 0 Å². The summed E-state index contributed by atoms with van der Waals surface area (Å²) in [6.07, 6.45) is 0. The summed E-state index contributed by atoms with van der Waals surface area (Å²) in [6.45, 7) is 5.55. The summed E-state index contributed by atoms with van der Waals surface area (Å²) < 4.78 is 1.97. The topological polar surface area (TPSA) is 29.9 Å². The van der Waals surface area contributed by atoms with E-state index >= 15 is 0 Å². The van der Waals surface area contributed by atoms with Crippen LogP contribution in [0.2, 0.25) is 10.0 Å². The molecule has 0 radical (unpaired) electrons. The Balaban J connectivity index is 2.34. The highest BCUT2D eigenvalue weighted by Gasteiger charge is 2.12. The van der Waals surface area contributed by atoms with Crippen LogP contribution in [0.3, 0.4) is 0 Å². The quantitative estimate of drug-likeness (QED) is 0.935. The van der Waals surface area contributed by atoms with E-state index in [4.69, 9.17) is 23.2 Å². The minimum Gasteiger partial charge on any atom is -0.316 e. The number of nitrogens with zero attached hydrogens (tertiary/aromatic N) is 2. The molecule has 0 spiro atoms. The Morgan fingerprint density at radius 2 is 2.00 bits per heavy atom. The first kappa shape index (κ1) is 14.4. The number of aryl methyl sites for hydroxylation is 1. The number of nitrogens with one attached hydrogen (secondary N) is 1. The second kappa shape index (κ2) is 5.95. The molecule has 3 nitrogen and oxygen atoms in total. The van der Waals surface area contributed by atoms with Crippen molar-refractivity contribution < 1.29 is 0 Å². The Kier molecular flexibility index (Phi) is 4.50. The summed E-state index contributed by atoms with van der Waals surface area (Å²) in [7, 11) is 1.93. The molecule has 0 bridgehead atoms. The highest BCUT2D eigenvalue weighted by Crippen LogP contribution is 2.26. The highest BCUT2D eigenvalue weighted by atomic mass is 35.5. The fourth-order valence-corrected chi connectivity index (χ4v) is 2.53. The van der Waals surface area contributed by atoms with Gasteiger partial charge in [-0.15, -0.1) is 0 Å². The van der Waals surface area contributed by atoms with Crippen molar-refractivity contribution in [2.45, 2.75) is 26.9 Å². The minimum absolute atomic E-state index is 0.580. The van der Waals surface area contributed by atoms with Crippen LogP contribution < -0.4 is 5.32 Å². The molecule has 5 heteroatoms. The van der Waals surface area contributed by atoms with Crippen molar-refractivity contribution in [1.29, 1.82) is 0 Å². The van der Waals surface area contributed by atoms with Crippen molar-refractivity contribution in [2.75, 3.05) is 7.05 Å². The fourth-order valence-electron chi connectivity index (χ4n) is 2.15. The molecule has 1 heterocycles. The molecule has 2 aromatic rings. The van der Waals surface area contributed by atoms with Gasteiger partial charge < -0.3 is 5.32 Å². The molecule has 1 N–H and O–H groups in total. The van der Waals surface area contributed by atoms with Gasteiger partial charge in [0.1, 0.15) is 0 Å². The predicted octanol–water partition coefficient (Wildman–Crippen LogP) is 3.57. The van der Waals surface area contributed by atoms with Crippen molar-refractivity contribution in [2.24, 2.45) is 0 Å². The van der Waals surface area contributed by atoms with E-state index in [1.54, 1.807) is 6.07 Å². The van der Waals surface area contributed by atoms with Crippen molar-refractivity contribution >= 4 is 23.2 Å². The predicted molar refractivity (Wildman–Crippen MR) is 80.0 cm³/mol. The molecule has 0 fully saturated rings. The van der Waals surface area contributed by atoms with E-state index in [2.05, 4.69) is 17.3 Å². The zero-order valence-electron chi connectivity index (χ0n) is 11.3. The van der Waals surface area contributed by atoms with Crippen LogP contribution in [0.1, 0.15) is 22.5 Å². The molecule has 0 unspecified atom stereocenters. The molecule has 0 saturated heterocycles. The first-order valence-corrected chi connectivity index (χ1v) is 6.90. The second-order valence-electron chi connectivity index (χ2n) is 4.55. The van der Waals surface area contributed by atoms with Gasteiger partial charge >= 0.3 is 0 Å². The van der Waals surface area contributed by atoms with Crippen LogP contribution in [0.4, 0.5) is 0 Å². The van der Waals surface area contributed by atoms with E-state index in [1.807, 2.05) is 30.8 Å². The summed E-state index contributed by atoms with van der Waals surface area (Å²) >= 11 is 12.3. The van der Waals surface area contributed by atoms with Crippen LogP contribution in [0, 0.1) is 13.8 Å². The minimum atomic E-state index is 0.580. The third-order valence-corrected chi connectivity index (χ3v) is 4.09. The van der Waals surface area contributed by atoms with Crippen molar-refractivity contribution in [3.8, 4) is 0 Å². The van der Waals surface area contributed by atoms with Crippen molar-refractivity contribution in [3.63, 3.8) is 0 Å². The van der Waals surface area contributed by atoms with Crippen molar-refractivity contribution in [1.82, 2.24) is 15.1 Å². The van der Waals surface area contributed by atoms with Crippen LogP contribution in [-0.2, 0) is 13.1 Å². The third kappa shape index (κ3) is 2.94. The number of aromatic nitrogens is 2. The van der Waals surface area contributed by atoms with E-state index in [1.165, 1.54) is 5.56 Å². The van der Waals surface area contributed by atoms with E-state index in [-0.39, 0.29) is 0 Å². The summed E-state index contributed by atoms with van der Waals surface area (Å²) in [5.41, 5.74) is 4.42.